The van der Waals surface area contributed by atoms with Crippen molar-refractivity contribution in [1.82, 2.24) is 10.3 Å². The number of nitrogens with one attached hydrogen (secondary N) is 1. The van der Waals surface area contributed by atoms with Crippen LogP contribution >= 0.6 is 34.5 Å². The molecule has 0 fully saturated rings. The van der Waals surface area contributed by atoms with Crippen molar-refractivity contribution >= 4 is 34.5 Å². The number of hydrogen-bond donors (Lipinski definition) is 1. The first-order valence-electron chi connectivity index (χ1n) is 6.76. The lowest BCUT2D eigenvalue weighted by atomic mass is 10.1. The number of rotatable bonds is 6. The molecule has 2 aromatic rings. The minimum absolute atomic E-state index is 0.119. The summed E-state index contributed by atoms with van der Waals surface area (Å²) in [5.74, 6) is 0. The highest BCUT2D eigenvalue weighted by Gasteiger charge is 2.17. The van der Waals surface area contributed by atoms with Gasteiger partial charge >= 0.3 is 0 Å². The molecule has 2 heterocycles. The van der Waals surface area contributed by atoms with Crippen LogP contribution in [0.2, 0.25) is 10.0 Å². The second-order valence-electron chi connectivity index (χ2n) is 4.56. The molecule has 1 unspecified atom stereocenters. The van der Waals surface area contributed by atoms with Crippen LogP contribution in [-0.2, 0) is 12.8 Å². The molecule has 2 aromatic heterocycles. The Morgan fingerprint density at radius 1 is 1.25 bits per heavy atom. The summed E-state index contributed by atoms with van der Waals surface area (Å²) >= 11 is 14.0. The fourth-order valence-corrected chi connectivity index (χ4v) is 3.63. The van der Waals surface area contributed by atoms with Gasteiger partial charge in [-0.2, -0.15) is 0 Å². The number of aryl methyl sites for hydroxylation is 1. The average Bonchev–Trinajstić information content (AvgIpc) is 2.86. The van der Waals surface area contributed by atoms with E-state index < -0.39 is 0 Å². The maximum absolute atomic E-state index is 6.28. The third kappa shape index (κ3) is 3.95. The minimum atomic E-state index is 0.119. The third-order valence-electron chi connectivity index (χ3n) is 3.09. The van der Waals surface area contributed by atoms with E-state index >= 15 is 0 Å². The van der Waals surface area contributed by atoms with E-state index in [-0.39, 0.29) is 6.04 Å². The zero-order chi connectivity index (χ0) is 14.5. The van der Waals surface area contributed by atoms with E-state index in [2.05, 4.69) is 36.3 Å². The van der Waals surface area contributed by atoms with Gasteiger partial charge in [0.2, 0.25) is 0 Å². The number of pyridine rings is 1. The van der Waals surface area contributed by atoms with Crippen LogP contribution in [0, 0.1) is 0 Å². The first kappa shape index (κ1) is 15.8. The third-order valence-corrected chi connectivity index (χ3v) is 4.85. The molecule has 0 aliphatic rings. The van der Waals surface area contributed by atoms with Gasteiger partial charge in [-0.1, -0.05) is 37.0 Å². The van der Waals surface area contributed by atoms with Gasteiger partial charge in [0.15, 0.2) is 0 Å². The first-order valence-corrected chi connectivity index (χ1v) is 8.33. The van der Waals surface area contributed by atoms with Crippen LogP contribution in [0.5, 0.6) is 0 Å². The predicted molar refractivity (Wildman–Crippen MR) is 88.1 cm³/mol. The first-order chi connectivity index (χ1) is 9.63. The normalized spacial score (nSPS) is 12.6. The molecule has 0 radical (unpaired) electrons. The number of likely N-dealkylation sites (N-methyl/N-ethyl adjacent to an activating group) is 1. The van der Waals surface area contributed by atoms with Crippen molar-refractivity contribution in [3.05, 3.63) is 49.9 Å². The second kappa shape index (κ2) is 7.41. The highest BCUT2D eigenvalue weighted by atomic mass is 35.5. The molecule has 0 aliphatic heterocycles. The SMILES string of the molecule is CCNC(Cc1ccc(CC)s1)c1ncc(Cl)cc1Cl. The molecule has 108 valence electrons. The Bertz CT molecular complexity index is 569. The molecule has 1 N–H and O–H groups in total. The van der Waals surface area contributed by atoms with E-state index in [9.17, 15) is 0 Å². The van der Waals surface area contributed by atoms with Crippen molar-refractivity contribution in [2.45, 2.75) is 32.7 Å². The maximum atomic E-state index is 6.28. The lowest BCUT2D eigenvalue weighted by molar-refractivity contribution is 0.540. The molecule has 0 bridgehead atoms. The van der Waals surface area contributed by atoms with Crippen LogP contribution in [0.3, 0.4) is 0 Å². The molecule has 2 rings (SSSR count). The molecule has 0 aromatic carbocycles. The monoisotopic (exact) mass is 328 g/mol. The zero-order valence-corrected chi connectivity index (χ0v) is 13.9. The van der Waals surface area contributed by atoms with Gasteiger partial charge in [0.1, 0.15) is 0 Å². The zero-order valence-electron chi connectivity index (χ0n) is 11.6. The van der Waals surface area contributed by atoms with Crippen LogP contribution in [0.25, 0.3) is 0 Å². The summed E-state index contributed by atoms with van der Waals surface area (Å²) in [6, 6.07) is 6.26. The van der Waals surface area contributed by atoms with Gasteiger partial charge in [-0.25, -0.2) is 0 Å². The van der Waals surface area contributed by atoms with E-state index in [1.807, 2.05) is 11.3 Å². The molecule has 0 saturated heterocycles. The van der Waals surface area contributed by atoms with E-state index in [0.29, 0.717) is 10.0 Å². The summed E-state index contributed by atoms with van der Waals surface area (Å²) in [7, 11) is 0. The Kier molecular flexibility index (Phi) is 5.85. The molecule has 20 heavy (non-hydrogen) atoms. The quantitative estimate of drug-likeness (QED) is 0.815. The molecule has 0 aliphatic carbocycles. The highest BCUT2D eigenvalue weighted by Crippen LogP contribution is 2.28. The van der Waals surface area contributed by atoms with Gasteiger partial charge in [0.05, 0.1) is 21.8 Å². The summed E-state index contributed by atoms with van der Waals surface area (Å²) in [6.45, 7) is 5.13. The molecule has 0 amide bonds. The minimum Gasteiger partial charge on any atom is -0.309 e. The van der Waals surface area contributed by atoms with Crippen molar-refractivity contribution in [2.24, 2.45) is 0 Å². The molecule has 5 heteroatoms. The summed E-state index contributed by atoms with van der Waals surface area (Å²) in [5.41, 5.74) is 0.865. The van der Waals surface area contributed by atoms with Crippen molar-refractivity contribution < 1.29 is 0 Å². The lowest BCUT2D eigenvalue weighted by Gasteiger charge is -2.18. The Balaban J connectivity index is 2.21. The maximum Gasteiger partial charge on any atom is 0.0763 e. The predicted octanol–water partition coefficient (Wildman–Crippen LogP) is 4.91. The largest absolute Gasteiger partial charge is 0.309 e. The van der Waals surface area contributed by atoms with Crippen molar-refractivity contribution in [3.8, 4) is 0 Å². The van der Waals surface area contributed by atoms with Crippen LogP contribution in [0.15, 0.2) is 24.4 Å². The summed E-state index contributed by atoms with van der Waals surface area (Å²) < 4.78 is 0. The summed E-state index contributed by atoms with van der Waals surface area (Å²) in [4.78, 5) is 7.15. The number of hydrogen-bond acceptors (Lipinski definition) is 3. The van der Waals surface area contributed by atoms with Crippen molar-refractivity contribution in [3.63, 3.8) is 0 Å². The topological polar surface area (TPSA) is 24.9 Å². The van der Waals surface area contributed by atoms with E-state index in [4.69, 9.17) is 23.2 Å². The van der Waals surface area contributed by atoms with Crippen LogP contribution in [0.4, 0.5) is 0 Å². The van der Waals surface area contributed by atoms with Crippen molar-refractivity contribution in [1.29, 1.82) is 0 Å². The van der Waals surface area contributed by atoms with E-state index in [1.165, 1.54) is 9.75 Å². The van der Waals surface area contributed by atoms with Gasteiger partial charge in [-0.3, -0.25) is 4.98 Å². The fraction of sp³-hybridized carbons (Fsp3) is 0.400. The molecule has 2 nitrogen and oxygen atoms in total. The Morgan fingerprint density at radius 3 is 2.60 bits per heavy atom. The molecule has 1 atom stereocenters. The van der Waals surface area contributed by atoms with E-state index in [1.54, 1.807) is 12.3 Å². The number of aromatic nitrogens is 1. The van der Waals surface area contributed by atoms with Crippen LogP contribution in [-0.4, -0.2) is 11.5 Å². The highest BCUT2D eigenvalue weighted by molar-refractivity contribution is 7.11. The van der Waals surface area contributed by atoms with Gasteiger partial charge < -0.3 is 5.32 Å². The molecular weight excluding hydrogens is 311 g/mol. The Hall–Kier alpha value is -0.610. The second-order valence-corrected chi connectivity index (χ2v) is 6.65. The number of thiophene rings is 1. The number of nitrogens with zero attached hydrogens (tertiary/aromatic N) is 1. The smallest absolute Gasteiger partial charge is 0.0763 e. The van der Waals surface area contributed by atoms with Crippen molar-refractivity contribution in [2.75, 3.05) is 6.54 Å². The van der Waals surface area contributed by atoms with Crippen LogP contribution in [0.1, 0.15) is 35.3 Å². The molecule has 0 spiro atoms. The van der Waals surface area contributed by atoms with Gasteiger partial charge in [0.25, 0.3) is 0 Å². The van der Waals surface area contributed by atoms with Crippen LogP contribution < -0.4 is 5.32 Å². The Labute approximate surface area is 134 Å². The molecule has 0 saturated carbocycles. The standard InChI is InChI=1S/C15H18Cl2N2S/c1-3-11-5-6-12(20-11)8-14(18-4-2)15-13(17)7-10(16)9-19-15/h5-7,9,14,18H,3-4,8H2,1-2H3. The summed E-state index contributed by atoms with van der Waals surface area (Å²) in [6.07, 6.45) is 3.63. The Morgan fingerprint density at radius 2 is 2.00 bits per heavy atom. The molecular formula is C15H18Cl2N2S. The average molecular weight is 329 g/mol. The van der Waals surface area contributed by atoms with Gasteiger partial charge in [-0.15, -0.1) is 11.3 Å². The van der Waals surface area contributed by atoms with Gasteiger partial charge in [0, 0.05) is 22.4 Å². The number of halogens is 2. The van der Waals surface area contributed by atoms with Gasteiger partial charge in [-0.05, 0) is 31.2 Å². The van der Waals surface area contributed by atoms with E-state index in [0.717, 1.165) is 25.1 Å². The lowest BCUT2D eigenvalue weighted by Crippen LogP contribution is -2.24. The fourth-order valence-electron chi connectivity index (χ4n) is 2.12. The summed E-state index contributed by atoms with van der Waals surface area (Å²) in [5, 5.41) is 4.64.